The summed E-state index contributed by atoms with van der Waals surface area (Å²) in [7, 11) is 0. The van der Waals surface area contributed by atoms with E-state index in [1.165, 1.54) is 5.56 Å². The zero-order valence-electron chi connectivity index (χ0n) is 16.4. The van der Waals surface area contributed by atoms with Gasteiger partial charge in [0.15, 0.2) is 0 Å². The summed E-state index contributed by atoms with van der Waals surface area (Å²) >= 11 is 0. The fourth-order valence-corrected chi connectivity index (χ4v) is 4.02. The van der Waals surface area contributed by atoms with E-state index in [0.717, 1.165) is 30.7 Å². The first-order valence-corrected chi connectivity index (χ1v) is 9.75. The fraction of sp³-hybridized carbons (Fsp3) is 0.364. The number of aromatic nitrogens is 2. The second kappa shape index (κ2) is 7.64. The number of nitrogens with one attached hydrogen (secondary N) is 2. The van der Waals surface area contributed by atoms with Crippen molar-refractivity contribution >= 4 is 11.5 Å². The number of nitrogens with zero attached hydrogens (tertiary/aromatic N) is 3. The number of amides is 2. The molecule has 0 aliphatic carbocycles. The van der Waals surface area contributed by atoms with Crippen LogP contribution in [0.25, 0.3) is 5.52 Å². The van der Waals surface area contributed by atoms with Crippen LogP contribution in [0.15, 0.2) is 61.1 Å². The molecule has 6 heteroatoms. The summed E-state index contributed by atoms with van der Waals surface area (Å²) in [6, 6.07) is 16.4. The lowest BCUT2D eigenvalue weighted by Crippen LogP contribution is -2.43. The summed E-state index contributed by atoms with van der Waals surface area (Å²) in [5.74, 6) is 0. The van der Waals surface area contributed by atoms with E-state index in [0.29, 0.717) is 6.54 Å². The highest BCUT2D eigenvalue weighted by Crippen LogP contribution is 2.30. The van der Waals surface area contributed by atoms with Crippen molar-refractivity contribution in [2.75, 3.05) is 6.54 Å². The maximum absolute atomic E-state index is 12.4. The SMILES string of the molecule is CC1(C)CC(NC(=O)NCc2ncn3ccccc23)CN1Cc1ccccc1. The van der Waals surface area contributed by atoms with E-state index in [4.69, 9.17) is 0 Å². The predicted octanol–water partition coefficient (Wildman–Crippen LogP) is 3.19. The van der Waals surface area contributed by atoms with E-state index >= 15 is 0 Å². The zero-order chi connectivity index (χ0) is 19.6. The summed E-state index contributed by atoms with van der Waals surface area (Å²) in [5.41, 5.74) is 3.23. The summed E-state index contributed by atoms with van der Waals surface area (Å²) < 4.78 is 1.95. The third-order valence-electron chi connectivity index (χ3n) is 5.53. The number of hydrogen-bond donors (Lipinski definition) is 2. The van der Waals surface area contributed by atoms with Gasteiger partial charge in [0.1, 0.15) is 0 Å². The molecular formula is C22H27N5O. The van der Waals surface area contributed by atoms with E-state index in [1.54, 1.807) is 6.33 Å². The minimum absolute atomic E-state index is 0.0495. The number of imidazole rings is 1. The Morgan fingerprint density at radius 2 is 1.96 bits per heavy atom. The van der Waals surface area contributed by atoms with Crippen LogP contribution in [0.1, 0.15) is 31.5 Å². The minimum atomic E-state index is -0.139. The largest absolute Gasteiger partial charge is 0.334 e. The minimum Gasteiger partial charge on any atom is -0.334 e. The Hall–Kier alpha value is -2.86. The number of hydrogen-bond acceptors (Lipinski definition) is 3. The Balaban J connectivity index is 1.32. The molecule has 4 rings (SSSR count). The molecule has 2 aromatic heterocycles. The first kappa shape index (κ1) is 18.5. The number of fused-ring (bicyclic) bond motifs is 1. The molecule has 1 fully saturated rings. The second-order valence-electron chi connectivity index (χ2n) is 8.09. The lowest BCUT2D eigenvalue weighted by molar-refractivity contribution is 0.166. The molecule has 1 aromatic carbocycles. The van der Waals surface area contributed by atoms with Crippen molar-refractivity contribution in [1.29, 1.82) is 0 Å². The highest BCUT2D eigenvalue weighted by molar-refractivity contribution is 5.74. The Morgan fingerprint density at radius 1 is 1.18 bits per heavy atom. The van der Waals surface area contributed by atoms with Crippen LogP contribution in [0, 0.1) is 0 Å². The van der Waals surface area contributed by atoms with E-state index < -0.39 is 0 Å². The van der Waals surface area contributed by atoms with Crippen LogP contribution in [-0.2, 0) is 13.1 Å². The first-order valence-electron chi connectivity index (χ1n) is 9.75. The van der Waals surface area contributed by atoms with E-state index in [-0.39, 0.29) is 17.6 Å². The fourth-order valence-electron chi connectivity index (χ4n) is 4.02. The van der Waals surface area contributed by atoms with Crippen LogP contribution >= 0.6 is 0 Å². The van der Waals surface area contributed by atoms with E-state index in [9.17, 15) is 4.79 Å². The summed E-state index contributed by atoms with van der Waals surface area (Å²) in [6.45, 7) is 6.65. The molecule has 2 N–H and O–H groups in total. The average molecular weight is 377 g/mol. The van der Waals surface area contributed by atoms with E-state index in [2.05, 4.69) is 58.6 Å². The second-order valence-corrected chi connectivity index (χ2v) is 8.09. The molecule has 1 aliphatic rings. The standard InChI is InChI=1S/C22H27N5O/c1-22(2)12-18(15-27(22)14-17-8-4-3-5-9-17)25-21(28)23-13-19-20-10-6-7-11-26(20)16-24-19/h3-11,16,18H,12-15H2,1-2H3,(H2,23,25,28). The molecule has 146 valence electrons. The van der Waals surface area contributed by atoms with Gasteiger partial charge in [0.25, 0.3) is 0 Å². The number of likely N-dealkylation sites (tertiary alicyclic amines) is 1. The van der Waals surface area contributed by atoms with Crippen molar-refractivity contribution in [3.8, 4) is 0 Å². The summed E-state index contributed by atoms with van der Waals surface area (Å²) in [6.07, 6.45) is 4.65. The van der Waals surface area contributed by atoms with Crippen molar-refractivity contribution < 1.29 is 4.79 Å². The third kappa shape index (κ3) is 4.02. The van der Waals surface area contributed by atoms with E-state index in [1.807, 2.05) is 34.9 Å². The molecule has 0 radical (unpaired) electrons. The maximum Gasteiger partial charge on any atom is 0.315 e. The first-order chi connectivity index (χ1) is 13.5. The Labute approximate surface area is 165 Å². The third-order valence-corrected chi connectivity index (χ3v) is 5.53. The molecule has 1 aliphatic heterocycles. The van der Waals surface area contributed by atoms with Crippen molar-refractivity contribution in [3.05, 3.63) is 72.3 Å². The van der Waals surface area contributed by atoms with Gasteiger partial charge in [-0.1, -0.05) is 36.4 Å². The van der Waals surface area contributed by atoms with Crippen molar-refractivity contribution in [1.82, 2.24) is 24.9 Å². The number of rotatable bonds is 5. The smallest absolute Gasteiger partial charge is 0.315 e. The molecule has 28 heavy (non-hydrogen) atoms. The number of urea groups is 1. The summed E-state index contributed by atoms with van der Waals surface area (Å²) in [5, 5.41) is 6.09. The monoisotopic (exact) mass is 377 g/mol. The molecule has 2 amide bonds. The molecule has 0 spiro atoms. The lowest BCUT2D eigenvalue weighted by Gasteiger charge is -2.31. The molecule has 6 nitrogen and oxygen atoms in total. The number of benzene rings is 1. The van der Waals surface area contributed by atoms with Gasteiger partial charge in [-0.25, -0.2) is 9.78 Å². The summed E-state index contributed by atoms with van der Waals surface area (Å²) in [4.78, 5) is 19.3. The molecule has 1 atom stereocenters. The van der Waals surface area contributed by atoms with Crippen LogP contribution in [0.3, 0.4) is 0 Å². The molecular weight excluding hydrogens is 350 g/mol. The van der Waals surface area contributed by atoms with Gasteiger partial charge in [-0.15, -0.1) is 0 Å². The highest BCUT2D eigenvalue weighted by atomic mass is 16.2. The zero-order valence-corrected chi connectivity index (χ0v) is 16.4. The predicted molar refractivity (Wildman–Crippen MR) is 110 cm³/mol. The van der Waals surface area contributed by atoms with Gasteiger partial charge in [0.2, 0.25) is 0 Å². The van der Waals surface area contributed by atoms with Crippen LogP contribution < -0.4 is 10.6 Å². The Morgan fingerprint density at radius 3 is 2.79 bits per heavy atom. The Kier molecular flexibility index (Phi) is 5.05. The van der Waals surface area contributed by atoms with Gasteiger partial charge in [-0.3, -0.25) is 4.90 Å². The van der Waals surface area contributed by atoms with Crippen molar-refractivity contribution in [2.45, 2.75) is 44.9 Å². The van der Waals surface area contributed by atoms with Gasteiger partial charge in [0, 0.05) is 30.9 Å². The average Bonchev–Trinajstić information content (AvgIpc) is 3.21. The molecule has 3 heterocycles. The van der Waals surface area contributed by atoms with Crippen LogP contribution in [0.2, 0.25) is 0 Å². The van der Waals surface area contributed by atoms with Gasteiger partial charge < -0.3 is 15.0 Å². The van der Waals surface area contributed by atoms with Crippen molar-refractivity contribution in [3.63, 3.8) is 0 Å². The van der Waals surface area contributed by atoms with Gasteiger partial charge in [0.05, 0.1) is 24.1 Å². The van der Waals surface area contributed by atoms with Crippen LogP contribution in [-0.4, -0.2) is 38.4 Å². The number of pyridine rings is 1. The van der Waals surface area contributed by atoms with Gasteiger partial charge in [-0.2, -0.15) is 0 Å². The molecule has 3 aromatic rings. The molecule has 0 bridgehead atoms. The molecule has 1 unspecified atom stereocenters. The van der Waals surface area contributed by atoms with Crippen LogP contribution in [0.4, 0.5) is 4.79 Å². The Bertz CT molecular complexity index is 950. The topological polar surface area (TPSA) is 61.7 Å². The number of carbonyl (C=O) groups excluding carboxylic acids is 1. The lowest BCUT2D eigenvalue weighted by atomic mass is 10.00. The molecule has 0 saturated carbocycles. The normalized spacial score (nSPS) is 19.0. The maximum atomic E-state index is 12.4. The van der Waals surface area contributed by atoms with Gasteiger partial charge >= 0.3 is 6.03 Å². The number of carbonyl (C=O) groups is 1. The molecule has 1 saturated heterocycles. The van der Waals surface area contributed by atoms with Crippen LogP contribution in [0.5, 0.6) is 0 Å². The quantitative estimate of drug-likeness (QED) is 0.718. The van der Waals surface area contributed by atoms with Crippen molar-refractivity contribution in [2.24, 2.45) is 0 Å². The van der Waals surface area contributed by atoms with Gasteiger partial charge in [-0.05, 0) is 38.0 Å². The highest BCUT2D eigenvalue weighted by Gasteiger charge is 2.38.